The molecule has 0 aliphatic carbocycles. The van der Waals surface area contributed by atoms with Crippen molar-refractivity contribution in [2.75, 3.05) is 13.3 Å². The molecule has 0 amide bonds. The van der Waals surface area contributed by atoms with Crippen LogP contribution in [0.3, 0.4) is 0 Å². The highest BCUT2D eigenvalue weighted by molar-refractivity contribution is 7.63. The predicted molar refractivity (Wildman–Crippen MR) is 59.0 cm³/mol. The summed E-state index contributed by atoms with van der Waals surface area (Å²) in [6.07, 6.45) is 1.80. The van der Waals surface area contributed by atoms with E-state index in [-0.39, 0.29) is 6.10 Å². The van der Waals surface area contributed by atoms with Crippen molar-refractivity contribution in [2.45, 2.75) is 52.0 Å². The van der Waals surface area contributed by atoms with Gasteiger partial charge in [-0.1, -0.05) is 13.8 Å². The molecule has 0 aromatic rings. The Hall–Kier alpha value is 0.190. The highest BCUT2D eigenvalue weighted by Crippen LogP contribution is 2.56. The standard InChI is InChI=1S/C10H23O2P/c1-7-10(8-2,12-9(3)4)13(5,6)11/h9H,7-8H2,1-6H3. The average molecular weight is 206 g/mol. The van der Waals surface area contributed by atoms with E-state index in [1.54, 1.807) is 0 Å². The Bertz CT molecular complexity index is 189. The van der Waals surface area contributed by atoms with E-state index in [0.29, 0.717) is 0 Å². The summed E-state index contributed by atoms with van der Waals surface area (Å²) in [5.74, 6) is 0. The minimum absolute atomic E-state index is 0.146. The molecule has 0 saturated carbocycles. The second-order valence-electron chi connectivity index (χ2n) is 4.17. The van der Waals surface area contributed by atoms with Crippen molar-refractivity contribution in [1.29, 1.82) is 0 Å². The van der Waals surface area contributed by atoms with E-state index in [2.05, 4.69) is 0 Å². The molecule has 0 N–H and O–H groups in total. The normalized spacial score (nSPS) is 13.8. The molecular weight excluding hydrogens is 183 g/mol. The summed E-state index contributed by atoms with van der Waals surface area (Å²) in [6.45, 7) is 11.7. The first kappa shape index (κ1) is 13.2. The van der Waals surface area contributed by atoms with Crippen molar-refractivity contribution >= 4 is 7.14 Å². The monoisotopic (exact) mass is 206 g/mol. The molecule has 80 valence electrons. The van der Waals surface area contributed by atoms with E-state index in [0.717, 1.165) is 12.8 Å². The molecule has 0 fully saturated rings. The lowest BCUT2D eigenvalue weighted by Gasteiger charge is -2.37. The van der Waals surface area contributed by atoms with Gasteiger partial charge in [-0.25, -0.2) is 0 Å². The van der Waals surface area contributed by atoms with Crippen LogP contribution in [0, 0.1) is 0 Å². The summed E-state index contributed by atoms with van der Waals surface area (Å²) in [5.41, 5.74) is 0. The molecule has 0 radical (unpaired) electrons. The number of ether oxygens (including phenoxy) is 1. The highest BCUT2D eigenvalue weighted by Gasteiger charge is 2.40. The van der Waals surface area contributed by atoms with Crippen molar-refractivity contribution in [3.05, 3.63) is 0 Å². The van der Waals surface area contributed by atoms with E-state index in [9.17, 15) is 4.57 Å². The molecule has 0 heterocycles. The Kier molecular flexibility index (Phi) is 4.68. The molecular formula is C10H23O2P. The molecule has 0 aliphatic heterocycles. The molecule has 0 unspecified atom stereocenters. The molecule has 0 rings (SSSR count). The van der Waals surface area contributed by atoms with Crippen LogP contribution in [0.4, 0.5) is 0 Å². The van der Waals surface area contributed by atoms with Gasteiger partial charge in [-0.3, -0.25) is 0 Å². The summed E-state index contributed by atoms with van der Waals surface area (Å²) >= 11 is 0. The van der Waals surface area contributed by atoms with Gasteiger partial charge in [-0.05, 0) is 40.0 Å². The van der Waals surface area contributed by atoms with Crippen LogP contribution in [0.1, 0.15) is 40.5 Å². The largest absolute Gasteiger partial charge is 0.365 e. The van der Waals surface area contributed by atoms with E-state index < -0.39 is 12.5 Å². The number of rotatable bonds is 5. The van der Waals surface area contributed by atoms with E-state index in [1.165, 1.54) is 0 Å². The topological polar surface area (TPSA) is 26.3 Å². The zero-order valence-electron chi connectivity index (χ0n) is 9.76. The highest BCUT2D eigenvalue weighted by atomic mass is 31.2. The third kappa shape index (κ3) is 3.11. The smallest absolute Gasteiger partial charge is 0.120 e. The van der Waals surface area contributed by atoms with Crippen molar-refractivity contribution in [2.24, 2.45) is 0 Å². The SMILES string of the molecule is CCC(CC)(OC(C)C)P(C)(C)=O. The van der Waals surface area contributed by atoms with E-state index >= 15 is 0 Å². The first-order valence-corrected chi connectivity index (χ1v) is 7.62. The quantitative estimate of drug-likeness (QED) is 0.643. The van der Waals surface area contributed by atoms with Crippen LogP contribution in [0.25, 0.3) is 0 Å². The van der Waals surface area contributed by atoms with Crippen molar-refractivity contribution < 1.29 is 9.30 Å². The van der Waals surface area contributed by atoms with Gasteiger partial charge in [0, 0.05) is 0 Å². The lowest BCUT2D eigenvalue weighted by atomic mass is 10.2. The average Bonchev–Trinajstić information content (AvgIpc) is 1.97. The van der Waals surface area contributed by atoms with Gasteiger partial charge >= 0.3 is 0 Å². The Morgan fingerprint density at radius 1 is 1.23 bits per heavy atom. The maximum absolute atomic E-state index is 12.1. The molecule has 0 spiro atoms. The lowest BCUT2D eigenvalue weighted by Crippen LogP contribution is -2.33. The summed E-state index contributed by atoms with van der Waals surface area (Å²) in [5, 5.41) is -0.402. The summed E-state index contributed by atoms with van der Waals surface area (Å²) in [4.78, 5) is 0. The summed E-state index contributed by atoms with van der Waals surface area (Å²) in [7, 11) is -2.18. The van der Waals surface area contributed by atoms with Crippen LogP contribution in [0.15, 0.2) is 0 Å². The summed E-state index contributed by atoms with van der Waals surface area (Å²) < 4.78 is 17.9. The van der Waals surface area contributed by atoms with Gasteiger partial charge in [0.15, 0.2) is 0 Å². The van der Waals surface area contributed by atoms with Gasteiger partial charge in [-0.15, -0.1) is 0 Å². The van der Waals surface area contributed by atoms with Crippen LogP contribution in [-0.2, 0) is 9.30 Å². The maximum atomic E-state index is 12.1. The molecule has 0 aromatic heterocycles. The zero-order chi connectivity index (χ0) is 10.7. The van der Waals surface area contributed by atoms with Gasteiger partial charge in [0.25, 0.3) is 0 Å². The lowest BCUT2D eigenvalue weighted by molar-refractivity contribution is -0.0290. The molecule has 0 aliphatic rings. The third-order valence-electron chi connectivity index (χ3n) is 2.54. The van der Waals surface area contributed by atoms with Gasteiger partial charge in [-0.2, -0.15) is 0 Å². The minimum atomic E-state index is -2.18. The Balaban J connectivity index is 4.82. The van der Waals surface area contributed by atoms with E-state index in [1.807, 2.05) is 41.0 Å². The number of hydrogen-bond donors (Lipinski definition) is 0. The maximum Gasteiger partial charge on any atom is 0.120 e. The molecule has 3 heteroatoms. The second kappa shape index (κ2) is 4.61. The molecule has 2 nitrogen and oxygen atoms in total. The predicted octanol–water partition coefficient (Wildman–Crippen LogP) is 3.55. The van der Waals surface area contributed by atoms with Gasteiger partial charge in [0.2, 0.25) is 0 Å². The third-order valence-corrected chi connectivity index (χ3v) is 5.24. The Morgan fingerprint density at radius 2 is 1.62 bits per heavy atom. The molecule has 0 aromatic carbocycles. The van der Waals surface area contributed by atoms with Gasteiger partial charge in [0.1, 0.15) is 12.5 Å². The van der Waals surface area contributed by atoms with E-state index in [4.69, 9.17) is 4.74 Å². The van der Waals surface area contributed by atoms with Gasteiger partial charge < -0.3 is 9.30 Å². The van der Waals surface area contributed by atoms with Crippen LogP contribution in [-0.4, -0.2) is 24.8 Å². The fraction of sp³-hybridized carbons (Fsp3) is 1.00. The first-order chi connectivity index (χ1) is 5.79. The van der Waals surface area contributed by atoms with Crippen LogP contribution < -0.4 is 0 Å². The molecule has 0 saturated heterocycles. The minimum Gasteiger partial charge on any atom is -0.365 e. The van der Waals surface area contributed by atoms with Crippen molar-refractivity contribution in [3.8, 4) is 0 Å². The van der Waals surface area contributed by atoms with Crippen LogP contribution in [0.5, 0.6) is 0 Å². The Labute approximate surface area is 82.4 Å². The van der Waals surface area contributed by atoms with Gasteiger partial charge in [0.05, 0.1) is 6.10 Å². The van der Waals surface area contributed by atoms with Crippen LogP contribution in [0.2, 0.25) is 0 Å². The fourth-order valence-corrected chi connectivity index (χ4v) is 3.73. The summed E-state index contributed by atoms with van der Waals surface area (Å²) in [6, 6.07) is 0. The fourth-order valence-electron chi connectivity index (χ4n) is 1.74. The molecule has 0 atom stereocenters. The molecule has 13 heavy (non-hydrogen) atoms. The van der Waals surface area contributed by atoms with Crippen molar-refractivity contribution in [3.63, 3.8) is 0 Å². The second-order valence-corrected chi connectivity index (χ2v) is 7.69. The number of hydrogen-bond acceptors (Lipinski definition) is 2. The zero-order valence-corrected chi connectivity index (χ0v) is 10.6. The van der Waals surface area contributed by atoms with Crippen molar-refractivity contribution in [1.82, 2.24) is 0 Å². The van der Waals surface area contributed by atoms with Crippen LogP contribution >= 0.6 is 7.14 Å². The molecule has 0 bridgehead atoms. The Morgan fingerprint density at radius 3 is 1.69 bits per heavy atom. The first-order valence-electron chi connectivity index (χ1n) is 5.02.